The molecule has 2 atom stereocenters. The van der Waals surface area contributed by atoms with E-state index in [-0.39, 0.29) is 0 Å². The van der Waals surface area contributed by atoms with Crippen molar-refractivity contribution in [1.29, 1.82) is 0 Å². The van der Waals surface area contributed by atoms with E-state index in [2.05, 4.69) is 22.5 Å². The highest BCUT2D eigenvalue weighted by Gasteiger charge is 2.33. The van der Waals surface area contributed by atoms with Crippen LogP contribution in [0.3, 0.4) is 0 Å². The highest BCUT2D eigenvalue weighted by Crippen LogP contribution is 2.31. The number of hydrogen-bond donors (Lipinski definition) is 2. The van der Waals surface area contributed by atoms with E-state index < -0.39 is 0 Å². The molecule has 2 unspecified atom stereocenters. The second-order valence-electron chi connectivity index (χ2n) is 4.73. The van der Waals surface area contributed by atoms with Gasteiger partial charge < -0.3 is 20.1 Å². The van der Waals surface area contributed by atoms with Gasteiger partial charge in [0.05, 0.1) is 14.2 Å². The van der Waals surface area contributed by atoms with E-state index in [0.29, 0.717) is 17.5 Å². The molecule has 0 spiro atoms. The number of methoxy groups -OCH3 is 2. The van der Waals surface area contributed by atoms with Crippen molar-refractivity contribution >= 4 is 11.6 Å². The fourth-order valence-electron chi connectivity index (χ4n) is 1.91. The van der Waals surface area contributed by atoms with Gasteiger partial charge in [-0.1, -0.05) is 6.92 Å². The lowest BCUT2D eigenvalue weighted by Crippen LogP contribution is -2.33. The van der Waals surface area contributed by atoms with E-state index in [0.717, 1.165) is 17.6 Å². The van der Waals surface area contributed by atoms with Gasteiger partial charge in [0.25, 0.3) is 0 Å². The molecular formula is C14H21N3O2. The smallest absolute Gasteiger partial charge is 0.195 e. The van der Waals surface area contributed by atoms with Gasteiger partial charge >= 0.3 is 0 Å². The summed E-state index contributed by atoms with van der Waals surface area (Å²) in [6, 6.07) is 6.23. The van der Waals surface area contributed by atoms with E-state index in [1.807, 2.05) is 18.2 Å². The largest absolute Gasteiger partial charge is 0.493 e. The number of hydrogen-bond acceptors (Lipinski definition) is 3. The van der Waals surface area contributed by atoms with E-state index in [1.165, 1.54) is 6.42 Å². The van der Waals surface area contributed by atoms with Crippen LogP contribution in [-0.4, -0.2) is 33.3 Å². The molecule has 104 valence electrons. The molecule has 0 aromatic heterocycles. The summed E-state index contributed by atoms with van der Waals surface area (Å²) in [6.45, 7) is 2.22. The third-order valence-corrected chi connectivity index (χ3v) is 3.30. The van der Waals surface area contributed by atoms with Gasteiger partial charge in [0, 0.05) is 24.8 Å². The summed E-state index contributed by atoms with van der Waals surface area (Å²) in [7, 11) is 5.02. The molecule has 1 aliphatic carbocycles. The molecular weight excluding hydrogens is 242 g/mol. The minimum atomic E-state index is 0.534. The second-order valence-corrected chi connectivity index (χ2v) is 4.73. The fraction of sp³-hybridized carbons (Fsp3) is 0.500. The van der Waals surface area contributed by atoms with Crippen LogP contribution >= 0.6 is 0 Å². The zero-order chi connectivity index (χ0) is 13.8. The van der Waals surface area contributed by atoms with Gasteiger partial charge in [-0.2, -0.15) is 0 Å². The van der Waals surface area contributed by atoms with Crippen molar-refractivity contribution in [1.82, 2.24) is 5.32 Å². The van der Waals surface area contributed by atoms with Crippen LogP contribution in [-0.2, 0) is 0 Å². The molecule has 19 heavy (non-hydrogen) atoms. The van der Waals surface area contributed by atoms with Gasteiger partial charge in [-0.3, -0.25) is 4.99 Å². The number of benzene rings is 1. The first kappa shape index (κ1) is 13.5. The predicted molar refractivity (Wildman–Crippen MR) is 77.2 cm³/mol. The summed E-state index contributed by atoms with van der Waals surface area (Å²) in [5, 5.41) is 6.62. The molecule has 5 heteroatoms. The number of anilines is 1. The molecule has 1 aromatic carbocycles. The van der Waals surface area contributed by atoms with E-state index >= 15 is 0 Å². The number of guanidine groups is 1. The molecule has 0 heterocycles. The number of ether oxygens (including phenoxy) is 2. The van der Waals surface area contributed by atoms with E-state index in [4.69, 9.17) is 9.47 Å². The van der Waals surface area contributed by atoms with E-state index in [9.17, 15) is 0 Å². The fourth-order valence-corrected chi connectivity index (χ4v) is 1.91. The Labute approximate surface area is 114 Å². The number of aliphatic imine (C=N–C) groups is 1. The Morgan fingerprint density at radius 3 is 2.47 bits per heavy atom. The molecule has 0 amide bonds. The SMILES string of the molecule is CN=C(Nc1ccc(OC)c(OC)c1)NC1CC1C. The van der Waals surface area contributed by atoms with Crippen molar-refractivity contribution in [2.45, 2.75) is 19.4 Å². The maximum Gasteiger partial charge on any atom is 0.195 e. The average molecular weight is 263 g/mol. The molecule has 1 aliphatic rings. The van der Waals surface area contributed by atoms with Gasteiger partial charge in [0.15, 0.2) is 17.5 Å². The lowest BCUT2D eigenvalue weighted by molar-refractivity contribution is 0.355. The Hall–Kier alpha value is -1.91. The van der Waals surface area contributed by atoms with Gasteiger partial charge in [-0.25, -0.2) is 0 Å². The lowest BCUT2D eigenvalue weighted by Gasteiger charge is -2.13. The molecule has 1 aromatic rings. The zero-order valence-electron chi connectivity index (χ0n) is 11.9. The van der Waals surface area contributed by atoms with Crippen molar-refractivity contribution in [3.63, 3.8) is 0 Å². The number of rotatable bonds is 4. The minimum Gasteiger partial charge on any atom is -0.493 e. The van der Waals surface area contributed by atoms with Crippen molar-refractivity contribution in [2.75, 3.05) is 26.6 Å². The normalized spacial score (nSPS) is 21.8. The first-order chi connectivity index (χ1) is 9.17. The van der Waals surface area contributed by atoms with Crippen LogP contribution in [0.4, 0.5) is 5.69 Å². The molecule has 0 saturated heterocycles. The quantitative estimate of drug-likeness (QED) is 0.645. The summed E-state index contributed by atoms with van der Waals surface area (Å²) >= 11 is 0. The molecule has 5 nitrogen and oxygen atoms in total. The summed E-state index contributed by atoms with van der Waals surface area (Å²) in [5.74, 6) is 2.92. The molecule has 2 rings (SSSR count). The van der Waals surface area contributed by atoms with Gasteiger partial charge in [0.1, 0.15) is 0 Å². The highest BCUT2D eigenvalue weighted by molar-refractivity contribution is 5.94. The van der Waals surface area contributed by atoms with Crippen molar-refractivity contribution < 1.29 is 9.47 Å². The molecule has 1 saturated carbocycles. The zero-order valence-corrected chi connectivity index (χ0v) is 11.9. The topological polar surface area (TPSA) is 54.9 Å². The maximum absolute atomic E-state index is 5.28. The Morgan fingerprint density at radius 1 is 1.26 bits per heavy atom. The summed E-state index contributed by atoms with van der Waals surface area (Å²) in [6.07, 6.45) is 1.20. The Morgan fingerprint density at radius 2 is 1.95 bits per heavy atom. The maximum atomic E-state index is 5.28. The predicted octanol–water partition coefficient (Wildman–Crippen LogP) is 2.10. The van der Waals surface area contributed by atoms with Crippen LogP contribution in [0.25, 0.3) is 0 Å². The first-order valence-electron chi connectivity index (χ1n) is 6.40. The molecule has 0 radical (unpaired) electrons. The van der Waals surface area contributed by atoms with Crippen LogP contribution in [0, 0.1) is 5.92 Å². The van der Waals surface area contributed by atoms with Crippen molar-refractivity contribution in [2.24, 2.45) is 10.9 Å². The third kappa shape index (κ3) is 3.30. The van der Waals surface area contributed by atoms with E-state index in [1.54, 1.807) is 21.3 Å². The lowest BCUT2D eigenvalue weighted by atomic mass is 10.3. The van der Waals surface area contributed by atoms with Crippen LogP contribution < -0.4 is 20.1 Å². The van der Waals surface area contributed by atoms with Gasteiger partial charge in [0.2, 0.25) is 0 Å². The number of nitrogens with one attached hydrogen (secondary N) is 2. The Bertz CT molecular complexity index is 474. The standard InChI is InChI=1S/C14H21N3O2/c1-9-7-11(9)17-14(15-2)16-10-5-6-12(18-3)13(8-10)19-4/h5-6,8-9,11H,7H2,1-4H3,(H2,15,16,17). The Balaban J connectivity index is 2.04. The van der Waals surface area contributed by atoms with Crippen molar-refractivity contribution in [3.05, 3.63) is 18.2 Å². The first-order valence-corrected chi connectivity index (χ1v) is 6.40. The summed E-state index contributed by atoms with van der Waals surface area (Å²) in [5.41, 5.74) is 0.916. The average Bonchev–Trinajstić information content (AvgIpc) is 3.13. The second kappa shape index (κ2) is 5.82. The summed E-state index contributed by atoms with van der Waals surface area (Å²) in [4.78, 5) is 4.22. The molecule has 1 fully saturated rings. The molecule has 2 N–H and O–H groups in total. The summed E-state index contributed by atoms with van der Waals surface area (Å²) < 4.78 is 10.5. The minimum absolute atomic E-state index is 0.534. The van der Waals surface area contributed by atoms with Crippen LogP contribution in [0.15, 0.2) is 23.2 Å². The third-order valence-electron chi connectivity index (χ3n) is 3.30. The molecule has 0 bridgehead atoms. The van der Waals surface area contributed by atoms with Crippen LogP contribution in [0.1, 0.15) is 13.3 Å². The van der Waals surface area contributed by atoms with Crippen LogP contribution in [0.2, 0.25) is 0 Å². The van der Waals surface area contributed by atoms with Gasteiger partial charge in [-0.05, 0) is 24.5 Å². The van der Waals surface area contributed by atoms with Crippen molar-refractivity contribution in [3.8, 4) is 11.5 Å². The monoisotopic (exact) mass is 263 g/mol. The molecule has 0 aliphatic heterocycles. The Kier molecular flexibility index (Phi) is 4.14. The highest BCUT2D eigenvalue weighted by atomic mass is 16.5. The van der Waals surface area contributed by atoms with Crippen LogP contribution in [0.5, 0.6) is 11.5 Å². The number of nitrogens with zero attached hydrogens (tertiary/aromatic N) is 1. The van der Waals surface area contributed by atoms with Gasteiger partial charge in [-0.15, -0.1) is 0 Å².